The van der Waals surface area contributed by atoms with Crippen molar-refractivity contribution in [3.8, 4) is 12.3 Å². The number of nitrogens with zero attached hydrogens (tertiary/aromatic N) is 2. The minimum atomic E-state index is -1.44. The molecule has 0 bridgehead atoms. The molecule has 1 aromatic heterocycles. The van der Waals surface area contributed by atoms with Crippen LogP contribution < -0.4 is 26.8 Å². The second kappa shape index (κ2) is 15.0. The number of aromatic nitrogens is 2. The Morgan fingerprint density at radius 3 is 2.25 bits per heavy atom. The summed E-state index contributed by atoms with van der Waals surface area (Å²) in [5, 5.41) is 23.8. The molecule has 2 atom stereocenters. The number of benzene rings is 2. The van der Waals surface area contributed by atoms with Crippen molar-refractivity contribution in [1.82, 2.24) is 20.6 Å². The van der Waals surface area contributed by atoms with Gasteiger partial charge in [0.25, 0.3) is 11.5 Å². The number of primary amides is 1. The van der Waals surface area contributed by atoms with E-state index in [2.05, 4.69) is 26.5 Å². The fourth-order valence-corrected chi connectivity index (χ4v) is 4.38. The number of nitrogens with two attached hydrogens (primary N) is 1. The number of fused-ring (bicyclic) bond motifs is 1. The Bertz CT molecular complexity index is 1660. The van der Waals surface area contributed by atoms with Crippen LogP contribution in [0.15, 0.2) is 47.3 Å². The van der Waals surface area contributed by atoms with E-state index in [0.29, 0.717) is 29.0 Å². The van der Waals surface area contributed by atoms with Crippen LogP contribution in [0.2, 0.25) is 0 Å². The number of hydrogen-bond donors (Lipinski definition) is 6. The normalized spacial score (nSPS) is 12.0. The number of aromatic amines is 1. The van der Waals surface area contributed by atoms with Crippen molar-refractivity contribution < 1.29 is 34.2 Å². The number of aliphatic carboxylic acids is 2. The van der Waals surface area contributed by atoms with Gasteiger partial charge in [0.1, 0.15) is 17.9 Å². The number of carbonyl (C=O) groups excluding carboxylic acids is 3. The van der Waals surface area contributed by atoms with Gasteiger partial charge in [-0.05, 0) is 61.7 Å². The van der Waals surface area contributed by atoms with Crippen molar-refractivity contribution in [2.24, 2.45) is 5.73 Å². The minimum absolute atomic E-state index is 0.154. The number of nitrogens with one attached hydrogen (secondary N) is 3. The molecule has 0 aliphatic rings. The predicted molar refractivity (Wildman–Crippen MR) is 160 cm³/mol. The third kappa shape index (κ3) is 9.15. The van der Waals surface area contributed by atoms with Gasteiger partial charge in [-0.15, -0.1) is 6.42 Å². The van der Waals surface area contributed by atoms with Crippen LogP contribution in [0.5, 0.6) is 0 Å². The quantitative estimate of drug-likeness (QED) is 0.133. The van der Waals surface area contributed by atoms with Gasteiger partial charge in [0.15, 0.2) is 0 Å². The lowest BCUT2D eigenvalue weighted by Gasteiger charge is -2.23. The summed E-state index contributed by atoms with van der Waals surface area (Å²) >= 11 is 0. The molecule has 2 aromatic carbocycles. The highest BCUT2D eigenvalue weighted by Gasteiger charge is 2.24. The van der Waals surface area contributed by atoms with E-state index in [4.69, 9.17) is 12.2 Å². The Morgan fingerprint density at radius 2 is 1.64 bits per heavy atom. The average Bonchev–Trinajstić information content (AvgIpc) is 2.97. The predicted octanol–water partition coefficient (Wildman–Crippen LogP) is 0.669. The molecule has 230 valence electrons. The molecule has 44 heavy (non-hydrogen) atoms. The van der Waals surface area contributed by atoms with Crippen LogP contribution in [0.4, 0.5) is 5.69 Å². The van der Waals surface area contributed by atoms with Gasteiger partial charge in [0, 0.05) is 30.6 Å². The Morgan fingerprint density at radius 1 is 1.00 bits per heavy atom. The van der Waals surface area contributed by atoms with Gasteiger partial charge in [0.2, 0.25) is 11.8 Å². The minimum Gasteiger partial charge on any atom is -0.480 e. The molecule has 14 nitrogen and oxygen atoms in total. The molecule has 1 heterocycles. The average molecular weight is 605 g/mol. The molecular weight excluding hydrogens is 572 g/mol. The van der Waals surface area contributed by atoms with Crippen LogP contribution in [0.1, 0.15) is 47.4 Å². The lowest BCUT2D eigenvalue weighted by atomic mass is 10.1. The van der Waals surface area contributed by atoms with Gasteiger partial charge in [-0.1, -0.05) is 12.0 Å². The first kappa shape index (κ1) is 32.8. The largest absolute Gasteiger partial charge is 0.480 e. The van der Waals surface area contributed by atoms with E-state index >= 15 is 0 Å². The van der Waals surface area contributed by atoms with Crippen LogP contribution in [-0.2, 0) is 25.7 Å². The standard InChI is InChI=1S/C30H32N6O8/c1-3-14-36(16-18-4-9-22-21(15-18)28(40)33-17(2)32-22)20-7-5-19(6-8-20)27(39)35-24(30(43)44)11-13-26(38)34-23(29(41)42)10-12-25(31)37/h1,4-9,15,23-24H,10-14,16H2,2H3,(H2,31,37)(H,34,38)(H,35,39)(H,41,42)(H,43,44)(H,32,33,40)/t23-,24-/m0/s1. The summed E-state index contributed by atoms with van der Waals surface area (Å²) in [5.41, 5.74) is 6.97. The van der Waals surface area contributed by atoms with E-state index in [1.54, 1.807) is 31.2 Å². The van der Waals surface area contributed by atoms with Crippen LogP contribution in [0, 0.1) is 19.3 Å². The van der Waals surface area contributed by atoms with E-state index in [9.17, 15) is 39.0 Å². The monoisotopic (exact) mass is 604 g/mol. The number of aryl methyl sites for hydroxylation is 1. The third-order valence-electron chi connectivity index (χ3n) is 6.61. The molecular formula is C30H32N6O8. The fourth-order valence-electron chi connectivity index (χ4n) is 4.38. The van der Waals surface area contributed by atoms with Crippen molar-refractivity contribution >= 4 is 46.3 Å². The Labute approximate surface area is 251 Å². The smallest absolute Gasteiger partial charge is 0.326 e. The highest BCUT2D eigenvalue weighted by molar-refractivity contribution is 5.97. The summed E-state index contributed by atoms with van der Waals surface area (Å²) in [5.74, 6) is -1.85. The maximum absolute atomic E-state index is 12.8. The topological polar surface area (TPSA) is 225 Å². The zero-order chi connectivity index (χ0) is 32.4. The zero-order valence-electron chi connectivity index (χ0n) is 23.8. The highest BCUT2D eigenvalue weighted by atomic mass is 16.4. The summed E-state index contributed by atoms with van der Waals surface area (Å²) in [6.45, 7) is 2.28. The second-order valence-electron chi connectivity index (χ2n) is 9.98. The van der Waals surface area contributed by atoms with Crippen LogP contribution in [0.25, 0.3) is 10.9 Å². The van der Waals surface area contributed by atoms with Crippen molar-refractivity contribution in [3.63, 3.8) is 0 Å². The Kier molecular flexibility index (Phi) is 11.2. The molecule has 7 N–H and O–H groups in total. The number of carboxylic acid groups (broad SMARTS) is 2. The second-order valence-corrected chi connectivity index (χ2v) is 9.98. The van der Waals surface area contributed by atoms with E-state index in [0.717, 1.165) is 5.56 Å². The number of terminal acetylenes is 1. The van der Waals surface area contributed by atoms with Crippen molar-refractivity contribution in [1.29, 1.82) is 0 Å². The molecule has 0 aliphatic heterocycles. The van der Waals surface area contributed by atoms with E-state index in [1.165, 1.54) is 12.1 Å². The van der Waals surface area contributed by atoms with E-state index in [-0.39, 0.29) is 36.9 Å². The SMILES string of the molecule is C#CCN(Cc1ccc2nc(C)[nH]c(=O)c2c1)c1ccc(C(=O)N[C@@H](CCC(=O)N[C@@H](CCC(N)=O)C(=O)O)C(=O)O)cc1. The molecule has 0 unspecified atom stereocenters. The first-order chi connectivity index (χ1) is 20.9. The van der Waals surface area contributed by atoms with Gasteiger partial charge in [0.05, 0.1) is 17.4 Å². The summed E-state index contributed by atoms with van der Waals surface area (Å²) in [6, 6.07) is 8.81. The van der Waals surface area contributed by atoms with Crippen molar-refractivity contribution in [2.75, 3.05) is 11.4 Å². The lowest BCUT2D eigenvalue weighted by molar-refractivity contribution is -0.143. The van der Waals surface area contributed by atoms with Gasteiger partial charge in [-0.3, -0.25) is 19.2 Å². The summed E-state index contributed by atoms with van der Waals surface area (Å²) < 4.78 is 0. The maximum Gasteiger partial charge on any atom is 0.326 e. The van der Waals surface area contributed by atoms with Gasteiger partial charge < -0.3 is 36.5 Å². The summed E-state index contributed by atoms with van der Waals surface area (Å²) in [4.78, 5) is 80.3. The van der Waals surface area contributed by atoms with Crippen LogP contribution >= 0.6 is 0 Å². The molecule has 3 rings (SSSR count). The number of rotatable bonds is 15. The van der Waals surface area contributed by atoms with E-state index in [1.807, 2.05) is 11.0 Å². The molecule has 0 saturated carbocycles. The number of carboxylic acids is 2. The molecule has 0 saturated heterocycles. The number of amides is 3. The van der Waals surface area contributed by atoms with E-state index < -0.39 is 48.2 Å². The highest BCUT2D eigenvalue weighted by Crippen LogP contribution is 2.20. The Balaban J connectivity index is 1.64. The maximum atomic E-state index is 12.8. The van der Waals surface area contributed by atoms with Crippen molar-refractivity contribution in [2.45, 2.75) is 51.2 Å². The molecule has 0 radical (unpaired) electrons. The lowest BCUT2D eigenvalue weighted by Crippen LogP contribution is -2.44. The van der Waals surface area contributed by atoms with Crippen LogP contribution in [0.3, 0.4) is 0 Å². The molecule has 3 amide bonds. The third-order valence-corrected chi connectivity index (χ3v) is 6.61. The van der Waals surface area contributed by atoms with Crippen molar-refractivity contribution in [3.05, 3.63) is 69.8 Å². The first-order valence-electron chi connectivity index (χ1n) is 13.5. The molecule has 0 fully saturated rings. The molecule has 0 aliphatic carbocycles. The van der Waals surface area contributed by atoms with Gasteiger partial charge in [-0.25, -0.2) is 14.6 Å². The first-order valence-corrected chi connectivity index (χ1v) is 13.5. The summed E-state index contributed by atoms with van der Waals surface area (Å²) in [6.07, 6.45) is 4.39. The Hall–Kier alpha value is -5.71. The number of carbonyl (C=O) groups is 5. The fraction of sp³-hybridized carbons (Fsp3) is 0.300. The number of hydrogen-bond acceptors (Lipinski definition) is 8. The zero-order valence-corrected chi connectivity index (χ0v) is 23.8. The molecule has 14 heteroatoms. The van der Waals surface area contributed by atoms with Gasteiger partial charge >= 0.3 is 11.9 Å². The number of anilines is 1. The van der Waals surface area contributed by atoms with Gasteiger partial charge in [-0.2, -0.15) is 0 Å². The van der Waals surface area contributed by atoms with Crippen LogP contribution in [-0.4, -0.2) is 68.5 Å². The summed E-state index contributed by atoms with van der Waals surface area (Å²) in [7, 11) is 0. The molecule has 3 aromatic rings. The molecule has 0 spiro atoms. The number of H-pyrrole nitrogens is 1.